The summed E-state index contributed by atoms with van der Waals surface area (Å²) in [4.78, 5) is 0. The van der Waals surface area contributed by atoms with Crippen LogP contribution in [-0.2, 0) is 18.5 Å². The van der Waals surface area contributed by atoms with Crippen LogP contribution in [0.2, 0.25) is 0 Å². The fourth-order valence-electron chi connectivity index (χ4n) is 1.28. The highest BCUT2D eigenvalue weighted by Gasteiger charge is 2.82. The van der Waals surface area contributed by atoms with Gasteiger partial charge in [0.25, 0.3) is 8.38 Å². The van der Waals surface area contributed by atoms with Crippen molar-refractivity contribution in [3.8, 4) is 0 Å². The topological polar surface area (TPSA) is 36.9 Å². The van der Waals surface area contributed by atoms with Crippen LogP contribution in [0.1, 0.15) is 13.8 Å². The van der Waals surface area contributed by atoms with Crippen LogP contribution in [0, 0.1) is 0 Å². The molecule has 0 aromatic heterocycles. The molecule has 0 saturated carbocycles. The zero-order valence-corrected chi connectivity index (χ0v) is 14.8. The van der Waals surface area contributed by atoms with Crippen LogP contribution in [0.3, 0.4) is 0 Å². The molecular formula is C11H10F13O4P. The van der Waals surface area contributed by atoms with Crippen LogP contribution >= 0.6 is 8.38 Å². The number of rotatable bonds is 11. The third-order valence-corrected chi connectivity index (χ3v) is 4.15. The molecule has 0 aromatic rings. The second-order valence-corrected chi connectivity index (χ2v) is 6.09. The van der Waals surface area contributed by atoms with E-state index in [1.54, 1.807) is 0 Å². The molecule has 4 nitrogen and oxygen atoms in total. The summed E-state index contributed by atoms with van der Waals surface area (Å²) in [6, 6.07) is -3.81. The highest BCUT2D eigenvalue weighted by molar-refractivity contribution is 7.48. The van der Waals surface area contributed by atoms with Crippen molar-refractivity contribution in [3.05, 3.63) is 12.1 Å². The average Bonchev–Trinajstić information content (AvgIpc) is 2.52. The van der Waals surface area contributed by atoms with E-state index in [0.29, 0.717) is 0 Å². The first-order chi connectivity index (χ1) is 12.8. The standard InChI is InChI=1S/C11H10F13O4P/c1-3-25-29(26-4-2)11(23,24)10(21,22)28-7(15,8(16,17)18)9(19,20)27-6(14)5(12)13/h3-4H2,1-2H3. The average molecular weight is 484 g/mol. The second-order valence-electron chi connectivity index (χ2n) is 4.50. The third-order valence-electron chi connectivity index (χ3n) is 2.45. The lowest BCUT2D eigenvalue weighted by molar-refractivity contribution is -0.510. The molecule has 0 spiro atoms. The van der Waals surface area contributed by atoms with Gasteiger partial charge in [0, 0.05) is 0 Å². The van der Waals surface area contributed by atoms with Crippen molar-refractivity contribution in [3.63, 3.8) is 0 Å². The van der Waals surface area contributed by atoms with Crippen LogP contribution in [0.25, 0.3) is 0 Å². The summed E-state index contributed by atoms with van der Waals surface area (Å²) in [6.07, 6.45) is -24.9. The van der Waals surface area contributed by atoms with E-state index >= 15 is 0 Å². The molecular weight excluding hydrogens is 474 g/mol. The molecule has 1 unspecified atom stereocenters. The monoisotopic (exact) mass is 484 g/mol. The molecule has 18 heteroatoms. The fraction of sp³-hybridized carbons (Fsp3) is 0.818. The Labute approximate surface area is 154 Å². The maximum Gasteiger partial charge on any atom is 0.471 e. The van der Waals surface area contributed by atoms with Gasteiger partial charge in [-0.1, -0.05) is 0 Å². The van der Waals surface area contributed by atoms with E-state index in [1.165, 1.54) is 0 Å². The smallest absolute Gasteiger partial charge is 0.398 e. The summed E-state index contributed by atoms with van der Waals surface area (Å²) in [5, 5.41) is 0. The molecule has 0 aliphatic carbocycles. The van der Waals surface area contributed by atoms with Gasteiger partial charge in [-0.15, -0.1) is 0 Å². The van der Waals surface area contributed by atoms with Gasteiger partial charge >= 0.3 is 42.0 Å². The van der Waals surface area contributed by atoms with Crippen molar-refractivity contribution in [2.45, 2.75) is 43.8 Å². The van der Waals surface area contributed by atoms with E-state index < -0.39 is 63.6 Å². The number of hydrogen-bond acceptors (Lipinski definition) is 4. The molecule has 0 rings (SSSR count). The van der Waals surface area contributed by atoms with Gasteiger partial charge in [-0.2, -0.15) is 57.1 Å². The summed E-state index contributed by atoms with van der Waals surface area (Å²) >= 11 is 0. The SMILES string of the molecule is CCOP(OCC)C(F)(F)C(F)(F)OC(F)(C(F)(F)F)C(F)(F)OC(F)=C(F)F. The Morgan fingerprint density at radius 2 is 1.14 bits per heavy atom. The van der Waals surface area contributed by atoms with E-state index in [0.717, 1.165) is 13.8 Å². The lowest BCUT2D eigenvalue weighted by Gasteiger charge is -2.38. The summed E-state index contributed by atoms with van der Waals surface area (Å²) in [5.41, 5.74) is -5.98. The van der Waals surface area contributed by atoms with Crippen molar-refractivity contribution in [2.24, 2.45) is 0 Å². The zero-order valence-electron chi connectivity index (χ0n) is 13.9. The van der Waals surface area contributed by atoms with E-state index in [9.17, 15) is 57.1 Å². The van der Waals surface area contributed by atoms with Crippen LogP contribution in [-0.4, -0.2) is 43.1 Å². The lowest BCUT2D eigenvalue weighted by Crippen LogP contribution is -2.63. The van der Waals surface area contributed by atoms with Crippen LogP contribution in [0.4, 0.5) is 57.1 Å². The minimum Gasteiger partial charge on any atom is -0.398 e. The Balaban J connectivity index is 6.26. The molecule has 0 radical (unpaired) electrons. The van der Waals surface area contributed by atoms with Crippen LogP contribution in [0.5, 0.6) is 0 Å². The Hall–Kier alpha value is -1.06. The summed E-state index contributed by atoms with van der Waals surface area (Å²) in [7, 11) is -4.18. The minimum atomic E-state index is -7.32. The first-order valence-electron chi connectivity index (χ1n) is 6.85. The molecule has 0 aromatic carbocycles. The zero-order chi connectivity index (χ0) is 23.5. The van der Waals surface area contributed by atoms with Gasteiger partial charge in [-0.3, -0.25) is 4.74 Å². The Morgan fingerprint density at radius 1 is 0.724 bits per heavy atom. The summed E-state index contributed by atoms with van der Waals surface area (Å²) in [6.45, 7) is 0.313. The number of ether oxygens (including phenoxy) is 2. The first kappa shape index (κ1) is 27.9. The maximum absolute atomic E-state index is 13.8. The molecule has 0 aliphatic rings. The first-order valence-corrected chi connectivity index (χ1v) is 8.03. The highest BCUT2D eigenvalue weighted by atomic mass is 31.2. The van der Waals surface area contributed by atoms with Gasteiger partial charge in [0.2, 0.25) is 0 Å². The van der Waals surface area contributed by atoms with Gasteiger partial charge in [0.15, 0.2) is 0 Å². The summed E-state index contributed by atoms with van der Waals surface area (Å²) in [5.74, 6) is -7.22. The van der Waals surface area contributed by atoms with E-state index in [1.807, 2.05) is 4.74 Å². The van der Waals surface area contributed by atoms with Crippen molar-refractivity contribution >= 4 is 8.38 Å². The molecule has 0 bridgehead atoms. The van der Waals surface area contributed by atoms with E-state index in [2.05, 4.69) is 13.8 Å². The number of hydrogen-bond donors (Lipinski definition) is 0. The van der Waals surface area contributed by atoms with E-state index in [-0.39, 0.29) is 0 Å². The van der Waals surface area contributed by atoms with Gasteiger partial charge in [0.05, 0.1) is 13.2 Å². The normalized spacial score (nSPS) is 16.0. The predicted octanol–water partition coefficient (Wildman–Crippen LogP) is 6.45. The van der Waals surface area contributed by atoms with Gasteiger partial charge in [0.1, 0.15) is 0 Å². The Morgan fingerprint density at radius 3 is 1.45 bits per heavy atom. The second kappa shape index (κ2) is 9.39. The fourth-order valence-corrected chi connectivity index (χ4v) is 2.40. The van der Waals surface area contributed by atoms with Gasteiger partial charge in [-0.25, -0.2) is 0 Å². The quantitative estimate of drug-likeness (QED) is 0.192. The molecule has 0 heterocycles. The maximum atomic E-state index is 13.8. The molecule has 174 valence electrons. The molecule has 29 heavy (non-hydrogen) atoms. The van der Waals surface area contributed by atoms with Gasteiger partial charge < -0.3 is 13.8 Å². The highest BCUT2D eigenvalue weighted by Crippen LogP contribution is 2.63. The summed E-state index contributed by atoms with van der Waals surface area (Å²) < 4.78 is 181. The number of alkyl halides is 10. The number of halogens is 13. The van der Waals surface area contributed by atoms with Crippen molar-refractivity contribution in [1.29, 1.82) is 0 Å². The van der Waals surface area contributed by atoms with E-state index in [4.69, 9.17) is 0 Å². The molecule has 0 amide bonds. The van der Waals surface area contributed by atoms with Crippen LogP contribution in [0.15, 0.2) is 12.1 Å². The van der Waals surface area contributed by atoms with Crippen molar-refractivity contribution in [1.82, 2.24) is 0 Å². The molecule has 0 saturated heterocycles. The predicted molar refractivity (Wildman–Crippen MR) is 67.4 cm³/mol. The van der Waals surface area contributed by atoms with Crippen molar-refractivity contribution in [2.75, 3.05) is 13.2 Å². The molecule has 0 fully saturated rings. The molecule has 0 N–H and O–H groups in total. The molecule has 0 aliphatic heterocycles. The lowest BCUT2D eigenvalue weighted by atomic mass is 10.2. The third kappa shape index (κ3) is 5.98. The molecule has 1 atom stereocenters. The largest absolute Gasteiger partial charge is 0.471 e. The Bertz CT molecular complexity index is 572. The van der Waals surface area contributed by atoms with Crippen LogP contribution < -0.4 is 0 Å². The van der Waals surface area contributed by atoms with Gasteiger partial charge in [-0.05, 0) is 13.8 Å². The minimum absolute atomic E-state index is 0.789. The Kier molecular flexibility index (Phi) is 9.05. The van der Waals surface area contributed by atoms with Crippen molar-refractivity contribution < 1.29 is 75.6 Å².